The highest BCUT2D eigenvalue weighted by molar-refractivity contribution is 6.37. The highest BCUT2D eigenvalue weighted by atomic mass is 35.5. The number of nitrogens with one attached hydrogen (secondary N) is 1. The van der Waals surface area contributed by atoms with Gasteiger partial charge in [0.25, 0.3) is 0 Å². The predicted molar refractivity (Wildman–Crippen MR) is 116 cm³/mol. The van der Waals surface area contributed by atoms with Crippen LogP contribution in [0.3, 0.4) is 0 Å². The van der Waals surface area contributed by atoms with Crippen LogP contribution in [-0.2, 0) is 13.1 Å². The highest BCUT2D eigenvalue weighted by Gasteiger charge is 2.32. The van der Waals surface area contributed by atoms with Gasteiger partial charge in [-0.1, -0.05) is 23.2 Å². The number of carbonyl (C=O) groups excluding carboxylic acids is 1. The summed E-state index contributed by atoms with van der Waals surface area (Å²) in [7, 11) is 0. The fraction of sp³-hybridized carbons (Fsp3) is 0.450. The molecule has 5 N–H and O–H groups in total. The molecule has 0 spiro atoms. The molecule has 1 aliphatic carbocycles. The van der Waals surface area contributed by atoms with Crippen molar-refractivity contribution in [2.75, 3.05) is 18.9 Å². The molecule has 2 amide bonds. The molecule has 0 unspecified atom stereocenters. The van der Waals surface area contributed by atoms with Crippen molar-refractivity contribution in [2.24, 2.45) is 5.73 Å². The number of rotatable bonds is 6. The van der Waals surface area contributed by atoms with Gasteiger partial charge in [0, 0.05) is 16.6 Å². The zero-order valence-corrected chi connectivity index (χ0v) is 18.0. The van der Waals surface area contributed by atoms with Crippen LogP contribution in [0.1, 0.15) is 36.9 Å². The molecule has 2 aromatic rings. The molecule has 1 aromatic heterocycles. The van der Waals surface area contributed by atoms with Crippen LogP contribution in [0.25, 0.3) is 11.3 Å². The summed E-state index contributed by atoms with van der Waals surface area (Å²) in [5.41, 5.74) is 14.2. The molecule has 8 nitrogen and oxygen atoms in total. The largest absolute Gasteiger partial charge is 0.493 e. The zero-order chi connectivity index (χ0) is 21.3. The van der Waals surface area contributed by atoms with Gasteiger partial charge in [0.05, 0.1) is 41.7 Å². The van der Waals surface area contributed by atoms with Crippen molar-refractivity contribution in [3.05, 3.63) is 33.4 Å². The predicted octanol–water partition coefficient (Wildman–Crippen LogP) is 3.34. The second-order valence-corrected chi connectivity index (χ2v) is 8.38. The van der Waals surface area contributed by atoms with Crippen LogP contribution in [0.15, 0.2) is 12.1 Å². The molecule has 1 saturated carbocycles. The molecule has 0 atom stereocenters. The second kappa shape index (κ2) is 8.83. The number of nitrogen functional groups attached to an aromatic ring is 1. The van der Waals surface area contributed by atoms with Gasteiger partial charge in [-0.2, -0.15) is 0 Å². The molecule has 1 aliphatic heterocycles. The summed E-state index contributed by atoms with van der Waals surface area (Å²) < 4.78 is 5.90. The fourth-order valence-corrected chi connectivity index (χ4v) is 4.17. The SMILES string of the molecule is NCCCOc1cc(Cl)cc(Cl)c1-c1nc(N)nc2c1CN(C(=O)NC1CCC1)C2. The van der Waals surface area contributed by atoms with Crippen molar-refractivity contribution in [1.82, 2.24) is 20.2 Å². The zero-order valence-electron chi connectivity index (χ0n) is 16.5. The van der Waals surface area contributed by atoms with Gasteiger partial charge in [-0.15, -0.1) is 0 Å². The molecule has 0 saturated heterocycles. The van der Waals surface area contributed by atoms with E-state index >= 15 is 0 Å². The Bertz CT molecular complexity index is 967. The van der Waals surface area contributed by atoms with E-state index in [2.05, 4.69) is 15.3 Å². The van der Waals surface area contributed by atoms with E-state index in [1.54, 1.807) is 17.0 Å². The Labute approximate surface area is 184 Å². The van der Waals surface area contributed by atoms with Crippen LogP contribution in [0.5, 0.6) is 5.75 Å². The standard InChI is InChI=1S/C20H24Cl2N6O2/c21-11-7-14(22)17(16(8-11)30-6-2-5-23)18-13-9-28(10-15(13)26-19(24)27-18)20(29)25-12-3-1-4-12/h7-8,12H,1-6,9-10,23H2,(H,25,29)(H2,24,26,27). The smallest absolute Gasteiger partial charge is 0.318 e. The number of hydrogen-bond acceptors (Lipinski definition) is 6. The quantitative estimate of drug-likeness (QED) is 0.580. The minimum atomic E-state index is -0.108. The van der Waals surface area contributed by atoms with Gasteiger partial charge in [-0.25, -0.2) is 14.8 Å². The number of halogens is 2. The Kier molecular flexibility index (Phi) is 6.17. The summed E-state index contributed by atoms with van der Waals surface area (Å²) in [4.78, 5) is 23.2. The van der Waals surface area contributed by atoms with E-state index in [9.17, 15) is 4.79 Å². The molecule has 2 heterocycles. The molecule has 10 heteroatoms. The van der Waals surface area contributed by atoms with Crippen LogP contribution < -0.4 is 21.5 Å². The third-order valence-corrected chi connectivity index (χ3v) is 5.90. The molecule has 0 bridgehead atoms. The van der Waals surface area contributed by atoms with Gasteiger partial charge in [0.1, 0.15) is 5.75 Å². The minimum absolute atomic E-state index is 0.108. The van der Waals surface area contributed by atoms with Gasteiger partial charge in [0.2, 0.25) is 5.95 Å². The van der Waals surface area contributed by atoms with Gasteiger partial charge >= 0.3 is 6.03 Å². The van der Waals surface area contributed by atoms with Crippen molar-refractivity contribution in [2.45, 2.75) is 44.8 Å². The van der Waals surface area contributed by atoms with E-state index in [4.69, 9.17) is 39.4 Å². The maximum atomic E-state index is 12.7. The van der Waals surface area contributed by atoms with Crippen molar-refractivity contribution in [3.8, 4) is 17.0 Å². The van der Waals surface area contributed by atoms with Crippen LogP contribution >= 0.6 is 23.2 Å². The first-order chi connectivity index (χ1) is 14.5. The van der Waals surface area contributed by atoms with Crippen molar-refractivity contribution in [1.29, 1.82) is 0 Å². The molecule has 0 radical (unpaired) electrons. The Morgan fingerprint density at radius 2 is 2.07 bits per heavy atom. The maximum Gasteiger partial charge on any atom is 0.318 e. The monoisotopic (exact) mass is 450 g/mol. The molecule has 1 fully saturated rings. The molecule has 30 heavy (non-hydrogen) atoms. The minimum Gasteiger partial charge on any atom is -0.493 e. The highest BCUT2D eigenvalue weighted by Crippen LogP contribution is 2.42. The van der Waals surface area contributed by atoms with E-state index in [1.807, 2.05) is 0 Å². The Balaban J connectivity index is 1.68. The van der Waals surface area contributed by atoms with E-state index in [-0.39, 0.29) is 18.0 Å². The maximum absolute atomic E-state index is 12.7. The van der Waals surface area contributed by atoms with Crippen LogP contribution in [0.4, 0.5) is 10.7 Å². The summed E-state index contributed by atoms with van der Waals surface area (Å²) in [6.07, 6.45) is 3.88. The molecular formula is C20H24Cl2N6O2. The number of nitrogens with two attached hydrogens (primary N) is 2. The third kappa shape index (κ3) is 4.26. The number of amides is 2. The molecule has 1 aromatic carbocycles. The van der Waals surface area contributed by atoms with Gasteiger partial charge in [-0.05, 0) is 44.4 Å². The lowest BCUT2D eigenvalue weighted by molar-refractivity contribution is 0.186. The fourth-order valence-electron chi connectivity index (χ4n) is 3.60. The second-order valence-electron chi connectivity index (χ2n) is 7.54. The van der Waals surface area contributed by atoms with E-state index in [1.165, 1.54) is 0 Å². The summed E-state index contributed by atoms with van der Waals surface area (Å²) in [5, 5.41) is 3.90. The number of urea groups is 1. The number of fused-ring (bicyclic) bond motifs is 1. The number of carbonyl (C=O) groups is 1. The van der Waals surface area contributed by atoms with E-state index in [0.717, 1.165) is 24.8 Å². The van der Waals surface area contributed by atoms with Crippen molar-refractivity contribution in [3.63, 3.8) is 0 Å². The van der Waals surface area contributed by atoms with Crippen LogP contribution in [0, 0.1) is 0 Å². The Hall–Kier alpha value is -2.29. The summed E-state index contributed by atoms with van der Waals surface area (Å²) >= 11 is 12.7. The topological polar surface area (TPSA) is 119 Å². The lowest BCUT2D eigenvalue weighted by Gasteiger charge is -2.28. The normalized spacial score (nSPS) is 15.6. The summed E-state index contributed by atoms with van der Waals surface area (Å²) in [5.74, 6) is 0.613. The number of nitrogens with zero attached hydrogens (tertiary/aromatic N) is 3. The summed E-state index contributed by atoms with van der Waals surface area (Å²) in [6.45, 7) is 1.65. The first-order valence-corrected chi connectivity index (χ1v) is 10.7. The summed E-state index contributed by atoms with van der Waals surface area (Å²) in [6, 6.07) is 3.48. The van der Waals surface area contributed by atoms with Crippen LogP contribution in [-0.4, -0.2) is 40.1 Å². The third-order valence-electron chi connectivity index (χ3n) is 5.38. The van der Waals surface area contributed by atoms with Crippen molar-refractivity contribution < 1.29 is 9.53 Å². The Morgan fingerprint density at radius 1 is 1.27 bits per heavy atom. The van der Waals surface area contributed by atoms with Crippen LogP contribution in [0.2, 0.25) is 10.0 Å². The van der Waals surface area contributed by atoms with Crippen molar-refractivity contribution >= 4 is 35.2 Å². The average molecular weight is 451 g/mol. The number of aromatic nitrogens is 2. The first-order valence-electron chi connectivity index (χ1n) is 9.99. The number of hydrogen-bond donors (Lipinski definition) is 3. The van der Waals surface area contributed by atoms with Gasteiger partial charge in [-0.3, -0.25) is 0 Å². The van der Waals surface area contributed by atoms with Gasteiger partial charge < -0.3 is 26.4 Å². The first kappa shape index (κ1) is 21.0. The molecule has 4 rings (SSSR count). The molecule has 160 valence electrons. The number of benzene rings is 1. The molecular weight excluding hydrogens is 427 g/mol. The number of anilines is 1. The lowest BCUT2D eigenvalue weighted by atomic mass is 9.93. The molecule has 2 aliphatic rings. The number of ether oxygens (including phenoxy) is 1. The lowest BCUT2D eigenvalue weighted by Crippen LogP contribution is -2.45. The van der Waals surface area contributed by atoms with E-state index in [0.29, 0.717) is 65.4 Å². The average Bonchev–Trinajstić information content (AvgIpc) is 3.08. The van der Waals surface area contributed by atoms with E-state index < -0.39 is 0 Å². The Morgan fingerprint density at radius 3 is 2.77 bits per heavy atom. The van der Waals surface area contributed by atoms with Gasteiger partial charge in [0.15, 0.2) is 0 Å².